The highest BCUT2D eigenvalue weighted by Gasteiger charge is 2.47. The van der Waals surface area contributed by atoms with Crippen LogP contribution in [-0.4, -0.2) is 23.2 Å². The number of carbonyl (C=O) groups is 1. The van der Waals surface area contributed by atoms with Crippen molar-refractivity contribution in [2.45, 2.75) is 12.3 Å². The van der Waals surface area contributed by atoms with Crippen molar-refractivity contribution in [1.29, 1.82) is 0 Å². The molecule has 0 aliphatic carbocycles. The Morgan fingerprint density at radius 1 is 1.00 bits per heavy atom. The molecule has 1 aliphatic heterocycles. The van der Waals surface area contributed by atoms with Crippen LogP contribution in [0.5, 0.6) is 5.75 Å². The zero-order chi connectivity index (χ0) is 21.1. The molecule has 0 spiro atoms. The molecular weight excluding hydrogens is 446 g/mol. The maximum absolute atomic E-state index is 13.3. The molecule has 0 aromatic heterocycles. The second-order valence-electron chi connectivity index (χ2n) is 6.88. The fraction of sp³-hybridized carbons (Fsp3) is 0.125. The van der Waals surface area contributed by atoms with Crippen LogP contribution in [0.1, 0.15) is 16.7 Å². The molecule has 4 rings (SSSR count). The van der Waals surface area contributed by atoms with E-state index < -0.39 is 11.6 Å². The van der Waals surface area contributed by atoms with Gasteiger partial charge in [0.15, 0.2) is 0 Å². The summed E-state index contributed by atoms with van der Waals surface area (Å²) in [5.74, 6) is 0.238. The van der Waals surface area contributed by atoms with E-state index in [0.29, 0.717) is 22.4 Å². The Morgan fingerprint density at radius 3 is 2.40 bits per heavy atom. The molecule has 5 nitrogen and oxygen atoms in total. The fourth-order valence-corrected chi connectivity index (χ4v) is 3.76. The molecule has 3 aromatic rings. The number of amides is 1. The Balaban J connectivity index is 1.73. The summed E-state index contributed by atoms with van der Waals surface area (Å²) in [6.07, 6.45) is 1.53. The second kappa shape index (κ2) is 8.44. The van der Waals surface area contributed by atoms with E-state index in [1.165, 1.54) is 6.08 Å². The van der Waals surface area contributed by atoms with Gasteiger partial charge in [0, 0.05) is 10.0 Å². The van der Waals surface area contributed by atoms with Crippen LogP contribution < -0.4 is 4.74 Å². The number of hydrogen-bond acceptors (Lipinski definition) is 4. The SMILES string of the molecule is COc1ccc(C2(O)C=C(c3cccc(Br)c3)C(=O)N2OCc2ccccc2)cc1. The van der Waals surface area contributed by atoms with Gasteiger partial charge in [0.2, 0.25) is 5.72 Å². The minimum atomic E-state index is -1.75. The van der Waals surface area contributed by atoms with Gasteiger partial charge in [0.05, 0.1) is 12.7 Å². The lowest BCUT2D eigenvalue weighted by Crippen LogP contribution is -2.43. The number of methoxy groups -OCH3 is 1. The molecule has 0 bridgehead atoms. The number of ether oxygens (including phenoxy) is 1. The average Bonchev–Trinajstić information content (AvgIpc) is 3.04. The van der Waals surface area contributed by atoms with E-state index in [2.05, 4.69) is 15.9 Å². The highest BCUT2D eigenvalue weighted by molar-refractivity contribution is 9.10. The molecule has 3 aromatic carbocycles. The van der Waals surface area contributed by atoms with Gasteiger partial charge in [0.1, 0.15) is 12.4 Å². The molecule has 1 heterocycles. The van der Waals surface area contributed by atoms with E-state index in [1.54, 1.807) is 31.4 Å². The van der Waals surface area contributed by atoms with Crippen molar-refractivity contribution < 1.29 is 19.5 Å². The third-order valence-corrected chi connectivity index (χ3v) is 5.42. The number of nitrogens with zero attached hydrogens (tertiary/aromatic N) is 1. The maximum atomic E-state index is 13.3. The molecular formula is C24H20BrNO4. The lowest BCUT2D eigenvalue weighted by Gasteiger charge is -2.32. The molecule has 0 fully saturated rings. The van der Waals surface area contributed by atoms with Crippen molar-refractivity contribution in [2.75, 3.05) is 7.11 Å². The third kappa shape index (κ3) is 3.89. The van der Waals surface area contributed by atoms with Crippen molar-refractivity contribution in [3.05, 3.63) is 106 Å². The zero-order valence-corrected chi connectivity index (χ0v) is 17.9. The summed E-state index contributed by atoms with van der Waals surface area (Å²) in [6.45, 7) is 0.144. The second-order valence-corrected chi connectivity index (χ2v) is 7.80. The van der Waals surface area contributed by atoms with Crippen molar-refractivity contribution in [3.8, 4) is 5.75 Å². The van der Waals surface area contributed by atoms with Gasteiger partial charge in [0.25, 0.3) is 5.91 Å². The van der Waals surface area contributed by atoms with Crippen molar-refractivity contribution in [2.24, 2.45) is 0 Å². The molecule has 1 amide bonds. The first-order valence-corrected chi connectivity index (χ1v) is 10.2. The highest BCUT2D eigenvalue weighted by Crippen LogP contribution is 2.40. The summed E-state index contributed by atoms with van der Waals surface area (Å²) in [5, 5.41) is 12.6. The van der Waals surface area contributed by atoms with Crippen LogP contribution in [0.2, 0.25) is 0 Å². The van der Waals surface area contributed by atoms with Crippen LogP contribution in [0.3, 0.4) is 0 Å². The van der Waals surface area contributed by atoms with Crippen LogP contribution >= 0.6 is 15.9 Å². The van der Waals surface area contributed by atoms with E-state index in [4.69, 9.17) is 9.57 Å². The lowest BCUT2D eigenvalue weighted by molar-refractivity contribution is -0.262. The van der Waals surface area contributed by atoms with Crippen LogP contribution in [0.4, 0.5) is 0 Å². The highest BCUT2D eigenvalue weighted by atomic mass is 79.9. The quantitative estimate of drug-likeness (QED) is 0.574. The van der Waals surface area contributed by atoms with Crippen molar-refractivity contribution in [3.63, 3.8) is 0 Å². The van der Waals surface area contributed by atoms with Gasteiger partial charge in [-0.25, -0.2) is 0 Å². The predicted molar refractivity (Wildman–Crippen MR) is 117 cm³/mol. The molecule has 1 unspecified atom stereocenters. The van der Waals surface area contributed by atoms with E-state index >= 15 is 0 Å². The van der Waals surface area contributed by atoms with E-state index in [0.717, 1.165) is 15.1 Å². The first-order valence-electron chi connectivity index (χ1n) is 9.38. The first-order chi connectivity index (χ1) is 14.5. The molecule has 1 aliphatic rings. The summed E-state index contributed by atoms with van der Waals surface area (Å²) in [4.78, 5) is 19.1. The summed E-state index contributed by atoms with van der Waals surface area (Å²) >= 11 is 3.44. The van der Waals surface area contributed by atoms with Crippen LogP contribution in [0.25, 0.3) is 5.57 Å². The third-order valence-electron chi connectivity index (χ3n) is 4.92. The summed E-state index contributed by atoms with van der Waals surface area (Å²) in [6, 6.07) is 23.8. The number of aliphatic hydroxyl groups is 1. The average molecular weight is 466 g/mol. The largest absolute Gasteiger partial charge is 0.497 e. The Hall–Kier alpha value is -2.93. The van der Waals surface area contributed by atoms with Crippen LogP contribution in [0, 0.1) is 0 Å². The molecule has 0 saturated carbocycles. The van der Waals surface area contributed by atoms with E-state index in [1.807, 2.05) is 54.6 Å². The Labute approximate surface area is 183 Å². The number of hydroxylamine groups is 2. The van der Waals surface area contributed by atoms with Gasteiger partial charge in [-0.3, -0.25) is 9.63 Å². The van der Waals surface area contributed by atoms with Crippen LogP contribution in [0.15, 0.2) is 89.4 Å². The predicted octanol–water partition coefficient (Wildman–Crippen LogP) is 4.66. The monoisotopic (exact) mass is 465 g/mol. The topological polar surface area (TPSA) is 59.0 Å². The normalized spacial score (nSPS) is 18.4. The van der Waals surface area contributed by atoms with Gasteiger partial charge in [-0.05, 0) is 41.5 Å². The first kappa shape index (κ1) is 20.3. The molecule has 30 heavy (non-hydrogen) atoms. The van der Waals surface area contributed by atoms with Crippen molar-refractivity contribution >= 4 is 27.4 Å². The van der Waals surface area contributed by atoms with Gasteiger partial charge in [-0.1, -0.05) is 70.5 Å². The zero-order valence-electron chi connectivity index (χ0n) is 16.3. The Kier molecular flexibility index (Phi) is 5.72. The smallest absolute Gasteiger partial charge is 0.281 e. The molecule has 1 N–H and O–H groups in total. The summed E-state index contributed by atoms with van der Waals surface area (Å²) < 4.78 is 6.05. The minimum absolute atomic E-state index is 0.144. The number of benzene rings is 3. The minimum Gasteiger partial charge on any atom is -0.497 e. The van der Waals surface area contributed by atoms with Crippen molar-refractivity contribution in [1.82, 2.24) is 5.06 Å². The van der Waals surface area contributed by atoms with E-state index in [-0.39, 0.29) is 6.61 Å². The fourth-order valence-electron chi connectivity index (χ4n) is 3.36. The molecule has 1 atom stereocenters. The van der Waals surface area contributed by atoms with Gasteiger partial charge in [-0.2, -0.15) is 5.06 Å². The molecule has 152 valence electrons. The van der Waals surface area contributed by atoms with Gasteiger partial charge in [-0.15, -0.1) is 0 Å². The number of halogens is 1. The lowest BCUT2D eigenvalue weighted by atomic mass is 10.0. The molecule has 0 saturated heterocycles. The van der Waals surface area contributed by atoms with Crippen LogP contribution in [-0.2, 0) is 22.0 Å². The Morgan fingerprint density at radius 2 is 1.73 bits per heavy atom. The summed E-state index contributed by atoms with van der Waals surface area (Å²) in [5.41, 5.74) is 0.679. The van der Waals surface area contributed by atoms with Gasteiger partial charge >= 0.3 is 0 Å². The summed E-state index contributed by atoms with van der Waals surface area (Å²) in [7, 11) is 1.57. The number of carbonyl (C=O) groups excluding carboxylic acids is 1. The van der Waals surface area contributed by atoms with E-state index in [9.17, 15) is 9.90 Å². The Bertz CT molecular complexity index is 1080. The maximum Gasteiger partial charge on any atom is 0.281 e. The number of hydrogen-bond donors (Lipinski definition) is 1. The standard InChI is InChI=1S/C24H20BrNO4/c1-29-21-12-10-19(11-13-21)24(28)15-22(18-8-5-9-20(25)14-18)23(27)26(24)30-16-17-6-3-2-4-7-17/h2-15,28H,16H2,1H3. The number of rotatable bonds is 6. The molecule has 0 radical (unpaired) electrons. The molecule has 6 heteroatoms. The van der Waals surface area contributed by atoms with Gasteiger partial charge < -0.3 is 9.84 Å².